The van der Waals surface area contributed by atoms with Gasteiger partial charge in [0.15, 0.2) is 6.29 Å². The van der Waals surface area contributed by atoms with E-state index in [9.17, 15) is 40.5 Å². The first-order valence-corrected chi connectivity index (χ1v) is 36.2. The lowest BCUT2D eigenvalue weighted by atomic mass is 9.98. The molecule has 0 aromatic heterocycles. The van der Waals surface area contributed by atoms with E-state index in [2.05, 4.69) is 43.5 Å². The van der Waals surface area contributed by atoms with Crippen molar-refractivity contribution >= 4 is 5.91 Å². The highest BCUT2D eigenvalue weighted by molar-refractivity contribution is 5.80. The Morgan fingerprint density at radius 1 is 0.410 bits per heavy atom. The number of ether oxygens (including phenoxy) is 2. The molecule has 1 amide bonds. The fourth-order valence-electron chi connectivity index (χ4n) is 11.9. The van der Waals surface area contributed by atoms with Gasteiger partial charge in [-0.05, 0) is 64.2 Å². The van der Waals surface area contributed by atoms with Crippen LogP contribution in [0.3, 0.4) is 0 Å². The van der Waals surface area contributed by atoms with Crippen LogP contribution in [0.4, 0.5) is 0 Å². The van der Waals surface area contributed by atoms with Gasteiger partial charge in [-0.3, -0.25) is 4.79 Å². The van der Waals surface area contributed by atoms with Gasteiger partial charge in [0.2, 0.25) is 5.91 Å². The van der Waals surface area contributed by atoms with Crippen LogP contribution in [0.15, 0.2) is 24.3 Å². The lowest BCUT2D eigenvalue weighted by Gasteiger charge is -2.40. The number of unbranched alkanes of at least 4 members (excludes halogenated alkanes) is 48. The lowest BCUT2D eigenvalue weighted by Crippen LogP contribution is -2.60. The van der Waals surface area contributed by atoms with Crippen molar-refractivity contribution in [3.63, 3.8) is 0 Å². The standard InChI is InChI=1S/C72H139NO10/c1-3-5-7-9-11-13-15-17-19-21-23-25-27-29-31-33-35-37-39-41-43-45-47-49-51-53-55-57-59-64(75)67(77)63(62-82-72-70(80)69(79)68(78)66(61-74)83-72)73-71(81)65(76)60-58-56-54-52-50-48-46-44-42-40-38-36-34-32-30-28-26-24-22-20-18-16-14-12-10-8-6-4-2/h30,32,51,53,63-70,72,74-80H,3-29,31,33-50,52,54-62H2,1-2H3,(H,73,81)/b32-30-,53-51+. The minimum absolute atomic E-state index is 0.256. The third-order valence-corrected chi connectivity index (χ3v) is 17.7. The van der Waals surface area contributed by atoms with Crippen LogP contribution in [0.2, 0.25) is 0 Å². The van der Waals surface area contributed by atoms with Crippen LogP contribution in [-0.4, -0.2) is 110 Å². The zero-order valence-corrected chi connectivity index (χ0v) is 54.5. The van der Waals surface area contributed by atoms with Crippen molar-refractivity contribution in [2.45, 2.75) is 416 Å². The minimum Gasteiger partial charge on any atom is -0.394 e. The number of allylic oxidation sites excluding steroid dienone is 4. The Labute approximate surface area is 512 Å². The van der Waals surface area contributed by atoms with Gasteiger partial charge in [-0.15, -0.1) is 0 Å². The van der Waals surface area contributed by atoms with Crippen molar-refractivity contribution in [2.75, 3.05) is 13.2 Å². The van der Waals surface area contributed by atoms with E-state index in [1.165, 1.54) is 283 Å². The van der Waals surface area contributed by atoms with Crippen molar-refractivity contribution in [3.8, 4) is 0 Å². The number of carbonyl (C=O) groups is 1. The average Bonchev–Trinajstić information content (AvgIpc) is 3.68. The molecule has 1 fully saturated rings. The molecule has 1 aliphatic heterocycles. The summed E-state index contributed by atoms with van der Waals surface area (Å²) in [6.07, 6.45) is 65.6. The summed E-state index contributed by atoms with van der Waals surface area (Å²) < 4.78 is 11.2. The van der Waals surface area contributed by atoms with Crippen LogP contribution in [0.5, 0.6) is 0 Å². The van der Waals surface area contributed by atoms with Crippen LogP contribution >= 0.6 is 0 Å². The molecule has 1 heterocycles. The van der Waals surface area contributed by atoms with Gasteiger partial charge >= 0.3 is 0 Å². The molecule has 11 heteroatoms. The van der Waals surface area contributed by atoms with Gasteiger partial charge in [-0.1, -0.05) is 321 Å². The molecule has 83 heavy (non-hydrogen) atoms. The number of hydrogen-bond acceptors (Lipinski definition) is 10. The van der Waals surface area contributed by atoms with Crippen molar-refractivity contribution in [2.24, 2.45) is 0 Å². The summed E-state index contributed by atoms with van der Waals surface area (Å²) in [6.45, 7) is 3.51. The van der Waals surface area contributed by atoms with Crippen LogP contribution in [-0.2, 0) is 14.3 Å². The highest BCUT2D eigenvalue weighted by atomic mass is 16.7. The molecule has 1 rings (SSSR count). The largest absolute Gasteiger partial charge is 0.394 e. The Morgan fingerprint density at radius 3 is 1.04 bits per heavy atom. The number of hydrogen-bond donors (Lipinski definition) is 8. The van der Waals surface area contributed by atoms with Crippen LogP contribution < -0.4 is 5.32 Å². The van der Waals surface area contributed by atoms with E-state index in [0.717, 1.165) is 38.5 Å². The summed E-state index contributed by atoms with van der Waals surface area (Å²) in [7, 11) is 0. The van der Waals surface area contributed by atoms with E-state index in [1.807, 2.05) is 0 Å². The Bertz CT molecular complexity index is 1400. The quantitative estimate of drug-likeness (QED) is 0.0215. The third-order valence-electron chi connectivity index (χ3n) is 17.7. The minimum atomic E-state index is -1.67. The number of rotatable bonds is 64. The first-order chi connectivity index (χ1) is 40.7. The third kappa shape index (κ3) is 48.2. The Hall–Kier alpha value is -1.41. The second-order valence-electron chi connectivity index (χ2n) is 25.7. The zero-order chi connectivity index (χ0) is 60.3. The molecule has 11 nitrogen and oxygen atoms in total. The molecule has 492 valence electrons. The van der Waals surface area contributed by atoms with Gasteiger partial charge in [0.1, 0.15) is 36.6 Å². The van der Waals surface area contributed by atoms with Gasteiger partial charge in [0, 0.05) is 0 Å². The molecule has 1 saturated heterocycles. The second kappa shape index (κ2) is 60.9. The summed E-state index contributed by atoms with van der Waals surface area (Å²) in [5.74, 6) is -0.700. The molecule has 0 bridgehead atoms. The zero-order valence-electron chi connectivity index (χ0n) is 54.5. The van der Waals surface area contributed by atoms with E-state index in [4.69, 9.17) is 9.47 Å². The van der Waals surface area contributed by atoms with Gasteiger partial charge in [-0.25, -0.2) is 0 Å². The van der Waals surface area contributed by atoms with Crippen LogP contribution in [0.25, 0.3) is 0 Å². The molecule has 0 radical (unpaired) electrons. The second-order valence-corrected chi connectivity index (χ2v) is 25.7. The molecule has 9 atom stereocenters. The summed E-state index contributed by atoms with van der Waals surface area (Å²) in [4.78, 5) is 13.3. The molecule has 0 spiro atoms. The van der Waals surface area contributed by atoms with Crippen molar-refractivity contribution in [1.82, 2.24) is 5.32 Å². The fourth-order valence-corrected chi connectivity index (χ4v) is 11.9. The van der Waals surface area contributed by atoms with Crippen molar-refractivity contribution in [1.29, 1.82) is 0 Å². The number of aliphatic hydroxyl groups is 7. The molecule has 9 unspecified atom stereocenters. The monoisotopic (exact) mass is 1180 g/mol. The average molecular weight is 1180 g/mol. The summed E-state index contributed by atoms with van der Waals surface area (Å²) in [5, 5.41) is 76.5. The maximum absolute atomic E-state index is 13.3. The van der Waals surface area contributed by atoms with E-state index in [0.29, 0.717) is 12.8 Å². The predicted molar refractivity (Wildman–Crippen MR) is 349 cm³/mol. The van der Waals surface area contributed by atoms with Gasteiger partial charge in [-0.2, -0.15) is 0 Å². The molecule has 0 aromatic carbocycles. The Balaban J connectivity index is 2.20. The number of carbonyl (C=O) groups excluding carboxylic acids is 1. The maximum Gasteiger partial charge on any atom is 0.249 e. The van der Waals surface area contributed by atoms with Gasteiger partial charge in [0.05, 0.1) is 25.4 Å². The first-order valence-electron chi connectivity index (χ1n) is 36.2. The summed E-state index contributed by atoms with van der Waals surface area (Å²) in [5.41, 5.74) is 0. The highest BCUT2D eigenvalue weighted by Gasteiger charge is 2.44. The summed E-state index contributed by atoms with van der Waals surface area (Å²) >= 11 is 0. The van der Waals surface area contributed by atoms with Gasteiger partial charge < -0.3 is 50.5 Å². The molecule has 0 saturated carbocycles. The van der Waals surface area contributed by atoms with Gasteiger partial charge in [0.25, 0.3) is 0 Å². The highest BCUT2D eigenvalue weighted by Crippen LogP contribution is 2.24. The molecule has 0 aliphatic carbocycles. The topological polar surface area (TPSA) is 189 Å². The predicted octanol–water partition coefficient (Wildman–Crippen LogP) is 17.6. The Morgan fingerprint density at radius 2 is 0.711 bits per heavy atom. The Kier molecular flexibility index (Phi) is 58.4. The maximum atomic E-state index is 13.3. The SMILES string of the molecule is CCCCCCCCCCCCCC/C=C\CCCCCCCCCCCCCCC(O)C(=O)NC(COC1OC(CO)C(O)C(O)C1O)C(O)C(O)CCC/C=C/CCCCCCCCCCCCCCCCCCCCCCCCC. The van der Waals surface area contributed by atoms with E-state index < -0.39 is 74.2 Å². The molecular weight excluding hydrogens is 1040 g/mol. The van der Waals surface area contributed by atoms with Crippen LogP contribution in [0, 0.1) is 0 Å². The molecule has 8 N–H and O–H groups in total. The first kappa shape index (κ1) is 79.6. The number of aliphatic hydroxyl groups excluding tert-OH is 7. The van der Waals surface area contributed by atoms with Crippen LogP contribution in [0.1, 0.15) is 361 Å². The molecule has 1 aliphatic rings. The smallest absolute Gasteiger partial charge is 0.249 e. The summed E-state index contributed by atoms with van der Waals surface area (Å²) in [6, 6.07) is -1.19. The van der Waals surface area contributed by atoms with E-state index in [-0.39, 0.29) is 12.8 Å². The fraction of sp³-hybridized carbons (Fsp3) is 0.931. The number of nitrogens with one attached hydrogen (secondary N) is 1. The molecule has 0 aromatic rings. The van der Waals surface area contributed by atoms with Crippen molar-refractivity contribution in [3.05, 3.63) is 24.3 Å². The lowest BCUT2D eigenvalue weighted by molar-refractivity contribution is -0.303. The normalized spacial score (nSPS) is 19.1. The van der Waals surface area contributed by atoms with E-state index >= 15 is 0 Å². The van der Waals surface area contributed by atoms with Crippen molar-refractivity contribution < 1.29 is 50.0 Å². The number of amides is 1. The van der Waals surface area contributed by atoms with E-state index in [1.54, 1.807) is 0 Å². The molecular formula is C72H139NO10.